The summed E-state index contributed by atoms with van der Waals surface area (Å²) in [4.78, 5) is 52.3. The fourth-order valence-corrected chi connectivity index (χ4v) is 8.75. The van der Waals surface area contributed by atoms with Crippen molar-refractivity contribution in [3.8, 4) is 0 Å². The Morgan fingerprint density at radius 1 is 0.879 bits per heavy atom. The van der Waals surface area contributed by atoms with Crippen molar-refractivity contribution in [2.75, 3.05) is 85.0 Å². The van der Waals surface area contributed by atoms with Crippen molar-refractivity contribution in [3.05, 3.63) is 52.3 Å². The summed E-state index contributed by atoms with van der Waals surface area (Å²) in [6.45, 7) is 6.80. The molecule has 1 aliphatic carbocycles. The zero-order valence-corrected chi connectivity index (χ0v) is 34.0. The molecule has 3 aromatic heterocycles. The number of nitrogens with one attached hydrogen (secondary N) is 3. The second-order valence-electron chi connectivity index (χ2n) is 15.7. The molecule has 3 aliphatic rings. The number of imide groups is 1. The van der Waals surface area contributed by atoms with Gasteiger partial charge in [-0.1, -0.05) is 12.1 Å². The summed E-state index contributed by atoms with van der Waals surface area (Å²) >= 11 is 0. The maximum atomic E-state index is 13.1. The van der Waals surface area contributed by atoms with Crippen LogP contribution in [0.1, 0.15) is 80.9 Å². The normalized spacial score (nSPS) is 20.7. The Kier molecular flexibility index (Phi) is 15.0. The molecule has 1 atom stereocenters. The van der Waals surface area contributed by atoms with Gasteiger partial charge in [0.15, 0.2) is 0 Å². The maximum Gasteiger partial charge on any atom is 0.329 e. The number of piperidine rings is 1. The van der Waals surface area contributed by atoms with Crippen LogP contribution < -0.4 is 16.3 Å². The molecule has 7 rings (SSSR count). The minimum absolute atomic E-state index is 0.214. The quantitative estimate of drug-likeness (QED) is 0.0822. The molecular weight excluding hydrogens is 745 g/mol. The maximum absolute atomic E-state index is 13.1. The van der Waals surface area contributed by atoms with Crippen molar-refractivity contribution in [1.82, 2.24) is 34.3 Å². The number of aromatic nitrogens is 5. The van der Waals surface area contributed by atoms with Gasteiger partial charge in [0.2, 0.25) is 11.8 Å². The Hall–Kier alpha value is -4.19. The van der Waals surface area contributed by atoms with Gasteiger partial charge in [-0.15, -0.1) is 0 Å². The van der Waals surface area contributed by atoms with Crippen LogP contribution in [-0.4, -0.2) is 133 Å². The lowest BCUT2D eigenvalue weighted by Gasteiger charge is -2.35. The fourth-order valence-electron chi connectivity index (χ4n) is 8.75. The number of aryl methyl sites for hydroxylation is 2. The SMILES string of the molecule is CN(CCOCCOCCOCCOCCCc1cccc2c1n(C)c(=O)n2C1CCC(=O)NC1=O)C1CCC(Nc2ncnc3[nH]cc(C4CCOCC4)c23)CC1. The van der Waals surface area contributed by atoms with Gasteiger partial charge in [0.25, 0.3) is 0 Å². The molecule has 4 aromatic rings. The average molecular weight is 805 g/mol. The average Bonchev–Trinajstić information content (AvgIpc) is 3.79. The van der Waals surface area contributed by atoms with E-state index in [2.05, 4.69) is 43.7 Å². The predicted molar refractivity (Wildman–Crippen MR) is 219 cm³/mol. The number of rotatable bonds is 21. The molecule has 1 saturated carbocycles. The van der Waals surface area contributed by atoms with E-state index in [1.54, 1.807) is 17.9 Å². The molecule has 0 spiro atoms. The van der Waals surface area contributed by atoms with Gasteiger partial charge in [0, 0.05) is 58.1 Å². The molecule has 2 amide bonds. The largest absolute Gasteiger partial charge is 0.381 e. The van der Waals surface area contributed by atoms with Crippen LogP contribution in [0, 0.1) is 0 Å². The highest BCUT2D eigenvalue weighted by molar-refractivity contribution is 6.00. The van der Waals surface area contributed by atoms with Crippen molar-refractivity contribution in [2.45, 2.75) is 88.3 Å². The molecule has 5 heterocycles. The van der Waals surface area contributed by atoms with Crippen LogP contribution in [0.25, 0.3) is 22.1 Å². The Balaban J connectivity index is 0.697. The molecule has 316 valence electrons. The third-order valence-electron chi connectivity index (χ3n) is 12.0. The molecule has 58 heavy (non-hydrogen) atoms. The van der Waals surface area contributed by atoms with Crippen LogP contribution in [0.2, 0.25) is 0 Å². The third-order valence-corrected chi connectivity index (χ3v) is 12.0. The van der Waals surface area contributed by atoms with E-state index in [0.717, 1.165) is 99.1 Å². The molecule has 1 unspecified atom stereocenters. The van der Waals surface area contributed by atoms with Crippen LogP contribution in [0.15, 0.2) is 35.5 Å². The summed E-state index contributed by atoms with van der Waals surface area (Å²) in [5.74, 6) is 0.700. The second-order valence-corrected chi connectivity index (χ2v) is 15.7. The summed E-state index contributed by atoms with van der Waals surface area (Å²) in [5.41, 5.74) is 4.48. The zero-order chi connectivity index (χ0) is 40.3. The Morgan fingerprint density at radius 3 is 2.31 bits per heavy atom. The van der Waals surface area contributed by atoms with E-state index in [1.807, 2.05) is 18.2 Å². The lowest BCUT2D eigenvalue weighted by molar-refractivity contribution is -0.135. The van der Waals surface area contributed by atoms with Gasteiger partial charge < -0.3 is 38.9 Å². The van der Waals surface area contributed by atoms with Crippen LogP contribution in [-0.2, 0) is 46.7 Å². The number of benzene rings is 1. The minimum atomic E-state index is -0.694. The number of hydrogen-bond donors (Lipinski definition) is 3. The first-order valence-electron chi connectivity index (χ1n) is 21.1. The van der Waals surface area contributed by atoms with Gasteiger partial charge in [0.05, 0.1) is 62.7 Å². The number of aromatic amines is 1. The number of ether oxygens (including phenoxy) is 5. The lowest BCUT2D eigenvalue weighted by Crippen LogP contribution is -2.44. The number of para-hydroxylation sites is 1. The highest BCUT2D eigenvalue weighted by atomic mass is 16.6. The summed E-state index contributed by atoms with van der Waals surface area (Å²) in [6.07, 6.45) is 12.4. The topological polar surface area (TPSA) is 176 Å². The van der Waals surface area contributed by atoms with Crippen molar-refractivity contribution < 1.29 is 33.3 Å². The van der Waals surface area contributed by atoms with Gasteiger partial charge in [-0.3, -0.25) is 24.0 Å². The summed E-state index contributed by atoms with van der Waals surface area (Å²) < 4.78 is 31.7. The highest BCUT2D eigenvalue weighted by Gasteiger charge is 2.32. The van der Waals surface area contributed by atoms with Crippen LogP contribution in [0.3, 0.4) is 0 Å². The Morgan fingerprint density at radius 2 is 1.59 bits per heavy atom. The van der Waals surface area contributed by atoms with E-state index in [-0.39, 0.29) is 18.0 Å². The van der Waals surface area contributed by atoms with Crippen molar-refractivity contribution in [3.63, 3.8) is 0 Å². The number of nitrogens with zero attached hydrogens (tertiary/aromatic N) is 5. The second kappa shape index (κ2) is 20.7. The van der Waals surface area contributed by atoms with Gasteiger partial charge in [-0.05, 0) is 87.9 Å². The number of H-pyrrole nitrogens is 1. The molecule has 0 bridgehead atoms. The standard InChI is InChI=1S/C42H60N8O8/c1-48(32-10-8-31(9-11-32)46-40-37-33(29-14-18-55-19-15-29)27-43-39(37)44-28-45-40)16-20-56-22-24-58-26-25-57-23-21-54-17-4-6-30-5-3-7-34-38(30)49(2)42(53)50(34)35-12-13-36(51)47-41(35)52/h3,5,7,27-29,31-32,35H,4,6,8-26H2,1-2H3,(H,47,51,52)(H2,43,44,45,46). The van der Waals surface area contributed by atoms with Crippen LogP contribution in [0.5, 0.6) is 0 Å². The van der Waals surface area contributed by atoms with Gasteiger partial charge in [-0.25, -0.2) is 14.8 Å². The minimum Gasteiger partial charge on any atom is -0.381 e. The number of carbonyl (C=O) groups is 2. The Labute approximate surface area is 339 Å². The molecule has 2 aliphatic heterocycles. The molecule has 3 N–H and O–H groups in total. The van der Waals surface area contributed by atoms with E-state index >= 15 is 0 Å². The molecule has 3 fully saturated rings. The smallest absolute Gasteiger partial charge is 0.329 e. The molecule has 2 saturated heterocycles. The monoisotopic (exact) mass is 804 g/mol. The first kappa shape index (κ1) is 42.0. The number of imidazole rings is 1. The van der Waals surface area contributed by atoms with Gasteiger partial charge in [-0.2, -0.15) is 0 Å². The van der Waals surface area contributed by atoms with Crippen molar-refractivity contribution in [1.29, 1.82) is 0 Å². The van der Waals surface area contributed by atoms with E-state index in [9.17, 15) is 14.4 Å². The van der Waals surface area contributed by atoms with Gasteiger partial charge in [0.1, 0.15) is 23.8 Å². The Bertz CT molecular complexity index is 2010. The number of carbonyl (C=O) groups excluding carboxylic acids is 2. The summed E-state index contributed by atoms with van der Waals surface area (Å²) in [7, 11) is 3.92. The fraction of sp³-hybridized carbons (Fsp3) is 0.643. The van der Waals surface area contributed by atoms with Crippen LogP contribution >= 0.6 is 0 Å². The first-order chi connectivity index (χ1) is 28.4. The summed E-state index contributed by atoms with van der Waals surface area (Å²) in [5, 5.41) is 7.27. The van der Waals surface area contributed by atoms with E-state index in [4.69, 9.17) is 23.7 Å². The predicted octanol–water partition coefficient (Wildman–Crippen LogP) is 3.84. The van der Waals surface area contributed by atoms with Gasteiger partial charge >= 0.3 is 5.69 Å². The number of likely N-dealkylation sites (N-methyl/N-ethyl adjacent to an activating group) is 1. The molecule has 16 heteroatoms. The molecular formula is C42H60N8O8. The van der Waals surface area contributed by atoms with Crippen LogP contribution in [0.4, 0.5) is 5.82 Å². The first-order valence-corrected chi connectivity index (χ1v) is 21.1. The lowest BCUT2D eigenvalue weighted by atomic mass is 9.89. The molecule has 1 aromatic carbocycles. The molecule has 0 radical (unpaired) electrons. The number of fused-ring (bicyclic) bond motifs is 2. The summed E-state index contributed by atoms with van der Waals surface area (Å²) in [6, 6.07) is 6.01. The van der Waals surface area contributed by atoms with E-state index in [1.165, 1.54) is 10.1 Å². The number of hydrogen-bond acceptors (Lipinski definition) is 12. The molecule has 16 nitrogen and oxygen atoms in total. The van der Waals surface area contributed by atoms with Crippen molar-refractivity contribution >= 4 is 39.7 Å². The number of anilines is 1. The highest BCUT2D eigenvalue weighted by Crippen LogP contribution is 2.36. The number of amides is 2. The third kappa shape index (κ3) is 10.3. The van der Waals surface area contributed by atoms with Crippen molar-refractivity contribution in [2.24, 2.45) is 7.05 Å². The zero-order valence-electron chi connectivity index (χ0n) is 34.0. The van der Waals surface area contributed by atoms with E-state index in [0.29, 0.717) is 82.8 Å². The van der Waals surface area contributed by atoms with E-state index < -0.39 is 11.9 Å².